The monoisotopic (exact) mass is 337 g/mol. The highest BCUT2D eigenvalue weighted by atomic mass is 16.2. The molecule has 1 aromatic carbocycles. The number of piperidine rings is 1. The van der Waals surface area contributed by atoms with E-state index in [0.29, 0.717) is 12.5 Å². The Labute approximate surface area is 150 Å². The number of hydrogen-bond donors (Lipinski definition) is 1. The van der Waals surface area contributed by atoms with Crippen LogP contribution in [0.3, 0.4) is 0 Å². The van der Waals surface area contributed by atoms with Gasteiger partial charge in [0.05, 0.1) is 0 Å². The molecule has 2 heterocycles. The molecular formula is C21H27N3O. The molecule has 1 N–H and O–H groups in total. The number of nitrogens with one attached hydrogen (secondary N) is 1. The van der Waals surface area contributed by atoms with Gasteiger partial charge in [-0.05, 0) is 56.9 Å². The van der Waals surface area contributed by atoms with Crippen LogP contribution in [0.1, 0.15) is 36.9 Å². The van der Waals surface area contributed by atoms with E-state index in [1.54, 1.807) is 0 Å². The maximum atomic E-state index is 12.4. The van der Waals surface area contributed by atoms with Crippen molar-refractivity contribution in [2.75, 3.05) is 18.4 Å². The van der Waals surface area contributed by atoms with Crippen molar-refractivity contribution in [1.29, 1.82) is 0 Å². The highest BCUT2D eigenvalue weighted by molar-refractivity contribution is 5.76. The van der Waals surface area contributed by atoms with Crippen LogP contribution >= 0.6 is 0 Å². The lowest BCUT2D eigenvalue weighted by atomic mass is 10.0. The van der Waals surface area contributed by atoms with Gasteiger partial charge in [-0.15, -0.1) is 0 Å². The molecule has 1 aliphatic rings. The number of benzene rings is 1. The molecule has 3 rings (SSSR count). The zero-order chi connectivity index (χ0) is 17.5. The maximum absolute atomic E-state index is 12.4. The predicted octanol–water partition coefficient (Wildman–Crippen LogP) is 3.82. The number of carbonyl (C=O) groups is 1. The van der Waals surface area contributed by atoms with Crippen LogP contribution in [0.15, 0.2) is 48.7 Å². The summed E-state index contributed by atoms with van der Waals surface area (Å²) in [5.74, 6) is 0.282. The van der Waals surface area contributed by atoms with Gasteiger partial charge in [0.25, 0.3) is 0 Å². The van der Waals surface area contributed by atoms with Crippen LogP contribution < -0.4 is 5.32 Å². The van der Waals surface area contributed by atoms with Crippen molar-refractivity contribution in [3.8, 4) is 0 Å². The van der Waals surface area contributed by atoms with Gasteiger partial charge < -0.3 is 10.2 Å². The second-order valence-corrected chi connectivity index (χ2v) is 6.84. The van der Waals surface area contributed by atoms with Gasteiger partial charge in [0.1, 0.15) is 0 Å². The minimum absolute atomic E-state index is 0.282. The van der Waals surface area contributed by atoms with Crippen molar-refractivity contribution in [3.63, 3.8) is 0 Å². The molecule has 0 radical (unpaired) electrons. The van der Waals surface area contributed by atoms with Crippen molar-refractivity contribution in [1.82, 2.24) is 9.88 Å². The number of hydrogen-bond acceptors (Lipinski definition) is 3. The van der Waals surface area contributed by atoms with E-state index >= 15 is 0 Å². The molecule has 1 aromatic heterocycles. The second-order valence-electron chi connectivity index (χ2n) is 6.84. The van der Waals surface area contributed by atoms with Crippen LogP contribution in [0.4, 0.5) is 5.69 Å². The first kappa shape index (κ1) is 17.5. The maximum Gasteiger partial charge on any atom is 0.222 e. The van der Waals surface area contributed by atoms with E-state index in [-0.39, 0.29) is 5.91 Å². The summed E-state index contributed by atoms with van der Waals surface area (Å²) in [6, 6.07) is 14.9. The quantitative estimate of drug-likeness (QED) is 0.872. The Bertz CT molecular complexity index is 661. The number of amides is 1. The minimum atomic E-state index is 0.282. The van der Waals surface area contributed by atoms with Crippen molar-refractivity contribution < 1.29 is 4.79 Å². The van der Waals surface area contributed by atoms with Gasteiger partial charge in [-0.3, -0.25) is 9.78 Å². The number of likely N-dealkylation sites (tertiary alicyclic amines) is 1. The molecular weight excluding hydrogens is 310 g/mol. The lowest BCUT2D eigenvalue weighted by molar-refractivity contribution is -0.132. The topological polar surface area (TPSA) is 45.2 Å². The molecule has 1 fully saturated rings. The number of pyridine rings is 1. The van der Waals surface area contributed by atoms with Crippen molar-refractivity contribution in [3.05, 3.63) is 59.9 Å². The number of aryl methyl sites for hydroxylation is 2. The van der Waals surface area contributed by atoms with Crippen LogP contribution in [-0.2, 0) is 11.2 Å². The van der Waals surface area contributed by atoms with Gasteiger partial charge in [0.2, 0.25) is 5.91 Å². The molecule has 4 heteroatoms. The number of aromatic nitrogens is 1. The lowest BCUT2D eigenvalue weighted by Crippen LogP contribution is -2.42. The first-order valence-corrected chi connectivity index (χ1v) is 9.21. The summed E-state index contributed by atoms with van der Waals surface area (Å²) in [5, 5.41) is 3.59. The molecule has 25 heavy (non-hydrogen) atoms. The van der Waals surface area contributed by atoms with Gasteiger partial charge in [0.15, 0.2) is 0 Å². The third-order valence-electron chi connectivity index (χ3n) is 4.82. The first-order chi connectivity index (χ1) is 12.2. The Balaban J connectivity index is 1.38. The van der Waals surface area contributed by atoms with Gasteiger partial charge >= 0.3 is 0 Å². The van der Waals surface area contributed by atoms with Gasteiger partial charge in [-0.25, -0.2) is 0 Å². The van der Waals surface area contributed by atoms with E-state index in [4.69, 9.17) is 0 Å². The molecule has 132 valence electrons. The predicted molar refractivity (Wildman–Crippen MR) is 102 cm³/mol. The Kier molecular flexibility index (Phi) is 6.04. The normalized spacial score (nSPS) is 15.2. The summed E-state index contributed by atoms with van der Waals surface area (Å²) in [6.45, 7) is 3.81. The zero-order valence-electron chi connectivity index (χ0n) is 14.9. The van der Waals surface area contributed by atoms with Crippen LogP contribution in [-0.4, -0.2) is 34.9 Å². The summed E-state index contributed by atoms with van der Waals surface area (Å²) in [6.07, 6.45) is 6.20. The fourth-order valence-corrected chi connectivity index (χ4v) is 3.28. The van der Waals surface area contributed by atoms with Crippen molar-refractivity contribution >= 4 is 11.6 Å². The second kappa shape index (κ2) is 8.65. The van der Waals surface area contributed by atoms with Crippen LogP contribution in [0.25, 0.3) is 0 Å². The van der Waals surface area contributed by atoms with Gasteiger partial charge in [-0.1, -0.05) is 23.8 Å². The Morgan fingerprint density at radius 1 is 1.16 bits per heavy atom. The Morgan fingerprint density at radius 2 is 1.92 bits per heavy atom. The molecule has 2 aromatic rings. The SMILES string of the molecule is Cc1ccc(NC2CCN(C(=O)CCCc3ccccn3)CC2)cc1. The molecule has 1 amide bonds. The molecule has 0 aliphatic carbocycles. The molecule has 0 spiro atoms. The van der Waals surface area contributed by atoms with E-state index in [1.807, 2.05) is 29.3 Å². The summed E-state index contributed by atoms with van der Waals surface area (Å²) in [4.78, 5) is 18.7. The molecule has 4 nitrogen and oxygen atoms in total. The molecule has 0 saturated carbocycles. The van der Waals surface area contributed by atoms with E-state index in [1.165, 1.54) is 11.3 Å². The smallest absolute Gasteiger partial charge is 0.222 e. The molecule has 1 aliphatic heterocycles. The molecule has 1 saturated heterocycles. The third-order valence-corrected chi connectivity index (χ3v) is 4.82. The average molecular weight is 337 g/mol. The first-order valence-electron chi connectivity index (χ1n) is 9.21. The van der Waals surface area contributed by atoms with E-state index in [0.717, 1.165) is 44.5 Å². The summed E-state index contributed by atoms with van der Waals surface area (Å²) in [7, 11) is 0. The Hall–Kier alpha value is -2.36. The number of nitrogens with zero attached hydrogens (tertiary/aromatic N) is 2. The molecule has 0 unspecified atom stereocenters. The number of anilines is 1. The average Bonchev–Trinajstić information content (AvgIpc) is 2.65. The molecule has 0 atom stereocenters. The van der Waals surface area contributed by atoms with Crippen molar-refractivity contribution in [2.45, 2.75) is 45.1 Å². The largest absolute Gasteiger partial charge is 0.382 e. The summed E-state index contributed by atoms with van der Waals surface area (Å²) < 4.78 is 0. The fourth-order valence-electron chi connectivity index (χ4n) is 3.28. The third kappa shape index (κ3) is 5.31. The van der Waals surface area contributed by atoms with E-state index in [9.17, 15) is 4.79 Å². The minimum Gasteiger partial charge on any atom is -0.382 e. The standard InChI is InChI=1S/C21H27N3O/c1-17-8-10-19(11-9-17)23-20-12-15-24(16-13-20)21(25)7-4-6-18-5-2-3-14-22-18/h2-3,5,8-11,14,20,23H,4,6-7,12-13,15-16H2,1H3. The highest BCUT2D eigenvalue weighted by Crippen LogP contribution is 2.18. The lowest BCUT2D eigenvalue weighted by Gasteiger charge is -2.33. The van der Waals surface area contributed by atoms with Crippen LogP contribution in [0.5, 0.6) is 0 Å². The number of carbonyl (C=O) groups excluding carboxylic acids is 1. The van der Waals surface area contributed by atoms with E-state index in [2.05, 4.69) is 41.5 Å². The summed E-state index contributed by atoms with van der Waals surface area (Å²) >= 11 is 0. The number of rotatable bonds is 6. The van der Waals surface area contributed by atoms with Gasteiger partial charge in [0, 0.05) is 43.1 Å². The summed E-state index contributed by atoms with van der Waals surface area (Å²) in [5.41, 5.74) is 3.51. The fraction of sp³-hybridized carbons (Fsp3) is 0.429. The van der Waals surface area contributed by atoms with Crippen molar-refractivity contribution in [2.24, 2.45) is 0 Å². The Morgan fingerprint density at radius 3 is 2.60 bits per heavy atom. The van der Waals surface area contributed by atoms with Gasteiger partial charge in [-0.2, -0.15) is 0 Å². The van der Waals surface area contributed by atoms with Crippen LogP contribution in [0.2, 0.25) is 0 Å². The zero-order valence-corrected chi connectivity index (χ0v) is 14.9. The van der Waals surface area contributed by atoms with Crippen LogP contribution in [0, 0.1) is 6.92 Å². The van der Waals surface area contributed by atoms with E-state index < -0.39 is 0 Å². The molecule has 0 bridgehead atoms. The highest BCUT2D eigenvalue weighted by Gasteiger charge is 2.22.